The van der Waals surface area contributed by atoms with Crippen LogP contribution in [0.3, 0.4) is 0 Å². The molecule has 1 aliphatic heterocycles. The van der Waals surface area contributed by atoms with Crippen molar-refractivity contribution in [2.24, 2.45) is 11.8 Å². The molecule has 1 unspecified atom stereocenters. The minimum absolute atomic E-state index is 0.172. The zero-order valence-corrected chi connectivity index (χ0v) is 20.1. The summed E-state index contributed by atoms with van der Waals surface area (Å²) in [7, 11) is 0. The highest BCUT2D eigenvalue weighted by atomic mass is 32.1. The van der Waals surface area contributed by atoms with Crippen molar-refractivity contribution >= 4 is 33.4 Å². The van der Waals surface area contributed by atoms with Crippen molar-refractivity contribution in [3.8, 4) is 6.07 Å². The number of piperidine rings is 1. The van der Waals surface area contributed by atoms with Crippen molar-refractivity contribution in [3.63, 3.8) is 0 Å². The number of nitrogens with one attached hydrogen (secondary N) is 1. The van der Waals surface area contributed by atoms with Gasteiger partial charge in [0.25, 0.3) is 11.5 Å². The van der Waals surface area contributed by atoms with Crippen LogP contribution >= 0.6 is 11.3 Å². The molecule has 172 valence electrons. The van der Waals surface area contributed by atoms with E-state index in [9.17, 15) is 14.9 Å². The Morgan fingerprint density at radius 2 is 2.15 bits per heavy atom. The van der Waals surface area contributed by atoms with Crippen LogP contribution in [-0.4, -0.2) is 35.1 Å². The topological polar surface area (TPSA) is 91.0 Å². The molecule has 1 atom stereocenters. The summed E-state index contributed by atoms with van der Waals surface area (Å²) < 4.78 is 2.14. The van der Waals surface area contributed by atoms with Gasteiger partial charge in [-0.2, -0.15) is 5.26 Å². The highest BCUT2D eigenvalue weighted by molar-refractivity contribution is 7.20. The largest absolute Gasteiger partial charge is 0.351 e. The molecule has 1 amide bonds. The van der Waals surface area contributed by atoms with Crippen LogP contribution in [0.5, 0.6) is 0 Å². The van der Waals surface area contributed by atoms with Crippen molar-refractivity contribution < 1.29 is 4.79 Å². The van der Waals surface area contributed by atoms with E-state index in [4.69, 9.17) is 4.98 Å². The first-order chi connectivity index (χ1) is 15.9. The van der Waals surface area contributed by atoms with Gasteiger partial charge in [-0.25, -0.2) is 4.98 Å². The van der Waals surface area contributed by atoms with E-state index in [1.807, 2.05) is 32.0 Å². The van der Waals surface area contributed by atoms with E-state index in [2.05, 4.69) is 23.2 Å². The molecule has 1 fully saturated rings. The van der Waals surface area contributed by atoms with Crippen molar-refractivity contribution in [2.75, 3.05) is 24.5 Å². The molecule has 1 N–H and O–H groups in total. The van der Waals surface area contributed by atoms with Gasteiger partial charge in [0.15, 0.2) is 0 Å². The van der Waals surface area contributed by atoms with E-state index < -0.39 is 0 Å². The molecule has 0 aliphatic carbocycles. The molecule has 1 aliphatic rings. The summed E-state index contributed by atoms with van der Waals surface area (Å²) >= 11 is 1.18. The summed E-state index contributed by atoms with van der Waals surface area (Å²) in [6, 6.07) is 11.3. The number of fused-ring (bicyclic) bond motifs is 1. The number of anilines is 1. The van der Waals surface area contributed by atoms with Crippen molar-refractivity contribution in [1.29, 1.82) is 5.26 Å². The van der Waals surface area contributed by atoms with Gasteiger partial charge in [-0.05, 0) is 42.4 Å². The summed E-state index contributed by atoms with van der Waals surface area (Å²) in [6.45, 7) is 8.77. The third-order valence-electron chi connectivity index (χ3n) is 5.91. The van der Waals surface area contributed by atoms with Gasteiger partial charge in [0.2, 0.25) is 5.95 Å². The van der Waals surface area contributed by atoms with E-state index in [-0.39, 0.29) is 18.0 Å². The van der Waals surface area contributed by atoms with Crippen LogP contribution in [0.2, 0.25) is 0 Å². The Kier molecular flexibility index (Phi) is 6.80. The van der Waals surface area contributed by atoms with E-state index in [1.54, 1.807) is 16.7 Å². The Labute approximate surface area is 197 Å². The maximum atomic E-state index is 13.7. The molecule has 0 radical (unpaired) electrons. The number of rotatable bonds is 6. The highest BCUT2D eigenvalue weighted by Crippen LogP contribution is 2.27. The number of benzene rings is 1. The minimum Gasteiger partial charge on any atom is -0.351 e. The molecule has 3 aromatic rings. The normalized spacial score (nSPS) is 16.2. The summed E-state index contributed by atoms with van der Waals surface area (Å²) in [5, 5.41) is 12.5. The van der Waals surface area contributed by atoms with Gasteiger partial charge in [-0.3, -0.25) is 14.2 Å². The standard InChI is InChI=1S/C25H29N5O2S/c1-16(2)13-27-23(31)21-11-20-22(33-21)24(32)30(15-19-9-5-4-8-18(19)12-26)25(28-20)29-10-6-7-17(3)14-29/h4-5,8-9,11,16-17H,6-7,10,13-15H2,1-3H3,(H,27,31). The summed E-state index contributed by atoms with van der Waals surface area (Å²) in [5.41, 5.74) is 1.70. The Morgan fingerprint density at radius 3 is 2.88 bits per heavy atom. The van der Waals surface area contributed by atoms with Gasteiger partial charge in [-0.1, -0.05) is 39.0 Å². The van der Waals surface area contributed by atoms with Crippen LogP contribution in [0.15, 0.2) is 35.1 Å². The number of carbonyl (C=O) groups is 1. The first-order valence-electron chi connectivity index (χ1n) is 11.4. The first-order valence-corrected chi connectivity index (χ1v) is 12.2. The monoisotopic (exact) mass is 463 g/mol. The van der Waals surface area contributed by atoms with E-state index in [0.29, 0.717) is 45.0 Å². The number of aromatic nitrogens is 2. The number of amides is 1. The zero-order valence-electron chi connectivity index (χ0n) is 19.3. The Hall–Kier alpha value is -3.18. The molecular formula is C25H29N5O2S. The van der Waals surface area contributed by atoms with Crippen LogP contribution in [0.25, 0.3) is 10.2 Å². The lowest BCUT2D eigenvalue weighted by Crippen LogP contribution is -2.39. The fourth-order valence-electron chi connectivity index (χ4n) is 4.19. The lowest BCUT2D eigenvalue weighted by atomic mass is 10.0. The number of carbonyl (C=O) groups excluding carboxylic acids is 1. The Bertz CT molecular complexity index is 1270. The lowest BCUT2D eigenvalue weighted by molar-refractivity contribution is 0.0953. The van der Waals surface area contributed by atoms with Crippen molar-refractivity contribution in [2.45, 2.75) is 40.2 Å². The predicted molar refractivity (Wildman–Crippen MR) is 132 cm³/mol. The molecule has 4 rings (SSSR count). The van der Waals surface area contributed by atoms with Crippen LogP contribution in [-0.2, 0) is 6.54 Å². The van der Waals surface area contributed by atoms with E-state index in [1.165, 1.54) is 11.3 Å². The van der Waals surface area contributed by atoms with E-state index in [0.717, 1.165) is 31.5 Å². The number of nitrogens with zero attached hydrogens (tertiary/aromatic N) is 4. The molecule has 0 spiro atoms. The van der Waals surface area contributed by atoms with Gasteiger partial charge >= 0.3 is 0 Å². The van der Waals surface area contributed by atoms with Crippen molar-refractivity contribution in [3.05, 3.63) is 56.7 Å². The van der Waals surface area contributed by atoms with Gasteiger partial charge in [0.1, 0.15) is 4.70 Å². The van der Waals surface area contributed by atoms with E-state index >= 15 is 0 Å². The number of hydrogen-bond donors (Lipinski definition) is 1. The fourth-order valence-corrected chi connectivity index (χ4v) is 5.15. The lowest BCUT2D eigenvalue weighted by Gasteiger charge is -2.33. The average Bonchev–Trinajstić information content (AvgIpc) is 3.24. The third-order valence-corrected chi connectivity index (χ3v) is 7.03. The molecule has 33 heavy (non-hydrogen) atoms. The second-order valence-corrected chi connectivity index (χ2v) is 10.2. The minimum atomic E-state index is -0.180. The van der Waals surface area contributed by atoms with Gasteiger partial charge in [0.05, 0.1) is 28.6 Å². The second kappa shape index (κ2) is 9.75. The molecule has 7 nitrogen and oxygen atoms in total. The third kappa shape index (κ3) is 4.93. The van der Waals surface area contributed by atoms with Gasteiger partial charge in [0, 0.05) is 19.6 Å². The Balaban J connectivity index is 1.81. The maximum absolute atomic E-state index is 13.7. The van der Waals surface area contributed by atoms with Gasteiger partial charge < -0.3 is 10.2 Å². The molecular weight excluding hydrogens is 434 g/mol. The maximum Gasteiger partial charge on any atom is 0.273 e. The zero-order chi connectivity index (χ0) is 23.5. The molecule has 0 saturated carbocycles. The molecule has 1 aromatic carbocycles. The number of thiophene rings is 1. The average molecular weight is 464 g/mol. The van der Waals surface area contributed by atoms with Crippen LogP contribution in [0, 0.1) is 23.2 Å². The summed E-state index contributed by atoms with van der Waals surface area (Å²) in [4.78, 5) is 33.8. The number of nitriles is 1. The number of hydrogen-bond acceptors (Lipinski definition) is 6. The smallest absolute Gasteiger partial charge is 0.273 e. The van der Waals surface area contributed by atoms with Crippen LogP contribution in [0.4, 0.5) is 5.95 Å². The predicted octanol–water partition coefficient (Wildman–Crippen LogP) is 4.00. The quantitative estimate of drug-likeness (QED) is 0.597. The SMILES string of the molecule is CC(C)CNC(=O)c1cc2nc(N3CCCC(C)C3)n(Cc3ccccc3C#N)c(=O)c2s1. The van der Waals surface area contributed by atoms with Crippen LogP contribution in [0.1, 0.15) is 54.4 Å². The molecule has 3 heterocycles. The van der Waals surface area contributed by atoms with Crippen molar-refractivity contribution in [1.82, 2.24) is 14.9 Å². The Morgan fingerprint density at radius 1 is 1.36 bits per heavy atom. The fraction of sp³-hybridized carbons (Fsp3) is 0.440. The molecule has 0 bridgehead atoms. The molecule has 2 aromatic heterocycles. The summed E-state index contributed by atoms with van der Waals surface area (Å²) in [6.07, 6.45) is 2.19. The molecule has 8 heteroatoms. The van der Waals surface area contributed by atoms with Gasteiger partial charge in [-0.15, -0.1) is 11.3 Å². The molecule has 1 saturated heterocycles. The second-order valence-electron chi connectivity index (χ2n) is 9.19. The highest BCUT2D eigenvalue weighted by Gasteiger charge is 2.24. The van der Waals surface area contributed by atoms with Crippen LogP contribution < -0.4 is 15.8 Å². The summed E-state index contributed by atoms with van der Waals surface area (Å²) in [5.74, 6) is 1.27. The first kappa shape index (κ1) is 23.0.